The zero-order valence-corrected chi connectivity index (χ0v) is 12.7. The summed E-state index contributed by atoms with van der Waals surface area (Å²) in [5.74, 6) is -0.336. The first-order valence-electron chi connectivity index (χ1n) is 6.25. The molecule has 2 rings (SSSR count). The van der Waals surface area contributed by atoms with Crippen molar-refractivity contribution in [3.05, 3.63) is 5.69 Å². The van der Waals surface area contributed by atoms with Crippen molar-refractivity contribution >= 4 is 34.2 Å². The summed E-state index contributed by atoms with van der Waals surface area (Å²) in [5.41, 5.74) is 0.700. The minimum absolute atomic E-state index is 0.226. The van der Waals surface area contributed by atoms with Gasteiger partial charge in [-0.1, -0.05) is 0 Å². The lowest BCUT2D eigenvalue weighted by molar-refractivity contribution is -0.121. The minimum Gasteiger partial charge on any atom is -0.465 e. The predicted octanol–water partition coefficient (Wildman–Crippen LogP) is 1.96. The van der Waals surface area contributed by atoms with Gasteiger partial charge in [-0.3, -0.25) is 9.69 Å². The molecule has 0 saturated carbocycles. The molecule has 1 aromatic heterocycles. The van der Waals surface area contributed by atoms with Crippen LogP contribution >= 0.6 is 11.5 Å². The zero-order valence-electron chi connectivity index (χ0n) is 11.9. The highest BCUT2D eigenvalue weighted by molar-refractivity contribution is 7.11. The molecule has 1 aliphatic rings. The molecule has 1 aromatic rings. The second-order valence-electron chi connectivity index (χ2n) is 5.68. The summed E-state index contributed by atoms with van der Waals surface area (Å²) < 4.78 is 4.16. The van der Waals surface area contributed by atoms with Gasteiger partial charge < -0.3 is 15.7 Å². The second kappa shape index (κ2) is 4.93. The minimum atomic E-state index is -1.11. The molecule has 8 heteroatoms. The van der Waals surface area contributed by atoms with E-state index in [1.807, 2.05) is 0 Å². The molecule has 0 saturated heterocycles. The molecular weight excluding hydrogens is 280 g/mol. The van der Waals surface area contributed by atoms with Gasteiger partial charge in [-0.2, -0.15) is 4.37 Å². The molecule has 20 heavy (non-hydrogen) atoms. The number of amides is 2. The summed E-state index contributed by atoms with van der Waals surface area (Å²) in [4.78, 5) is 25.0. The first-order valence-corrected chi connectivity index (χ1v) is 7.02. The van der Waals surface area contributed by atoms with Crippen molar-refractivity contribution in [2.45, 2.75) is 39.3 Å². The number of nitrogens with one attached hydrogen (secondary N) is 2. The summed E-state index contributed by atoms with van der Waals surface area (Å²) in [6.45, 7) is 7.33. The number of carboxylic acid groups (broad SMARTS) is 1. The summed E-state index contributed by atoms with van der Waals surface area (Å²) in [5, 5.41) is 16.0. The van der Waals surface area contributed by atoms with E-state index in [0.717, 1.165) is 10.7 Å². The number of aromatic nitrogens is 1. The van der Waals surface area contributed by atoms with Gasteiger partial charge in [0, 0.05) is 12.1 Å². The Labute approximate surface area is 121 Å². The van der Waals surface area contributed by atoms with Crippen molar-refractivity contribution in [2.24, 2.45) is 0 Å². The van der Waals surface area contributed by atoms with Gasteiger partial charge in [-0.25, -0.2) is 4.79 Å². The summed E-state index contributed by atoms with van der Waals surface area (Å²) in [7, 11) is 0. The molecule has 3 N–H and O–H groups in total. The number of hydrogen-bond acceptors (Lipinski definition) is 5. The van der Waals surface area contributed by atoms with Crippen LogP contribution in [0.2, 0.25) is 0 Å². The van der Waals surface area contributed by atoms with Gasteiger partial charge in [0.05, 0.1) is 11.4 Å². The summed E-state index contributed by atoms with van der Waals surface area (Å²) >= 11 is 1.26. The second-order valence-corrected chi connectivity index (χ2v) is 6.45. The number of rotatable bonds is 1. The maximum absolute atomic E-state index is 12.3. The van der Waals surface area contributed by atoms with E-state index in [0.29, 0.717) is 5.69 Å². The average molecular weight is 298 g/mol. The number of nitrogens with zero attached hydrogens (tertiary/aromatic N) is 2. The molecule has 0 aromatic carbocycles. The Balaban J connectivity index is 2.32. The zero-order chi connectivity index (χ0) is 15.1. The van der Waals surface area contributed by atoms with E-state index >= 15 is 0 Å². The normalized spacial score (nSPS) is 18.6. The molecular formula is C12H18N4O3S. The monoisotopic (exact) mass is 298 g/mol. The van der Waals surface area contributed by atoms with Gasteiger partial charge in [0.15, 0.2) is 0 Å². The van der Waals surface area contributed by atoms with E-state index in [9.17, 15) is 14.7 Å². The van der Waals surface area contributed by atoms with Crippen molar-refractivity contribution < 1.29 is 14.7 Å². The highest BCUT2D eigenvalue weighted by Crippen LogP contribution is 2.33. The van der Waals surface area contributed by atoms with Crippen LogP contribution in [0.5, 0.6) is 0 Å². The lowest BCUT2D eigenvalue weighted by atomic mass is 10.0. The van der Waals surface area contributed by atoms with E-state index in [-0.39, 0.29) is 12.5 Å². The molecule has 2 amide bonds. The lowest BCUT2D eigenvalue weighted by Gasteiger charge is -2.38. The molecule has 0 aliphatic carbocycles. The van der Waals surface area contributed by atoms with E-state index in [2.05, 4.69) is 15.0 Å². The van der Waals surface area contributed by atoms with Crippen LogP contribution in [0, 0.1) is 6.92 Å². The maximum atomic E-state index is 12.3. The van der Waals surface area contributed by atoms with Crippen LogP contribution in [0.1, 0.15) is 26.5 Å². The van der Waals surface area contributed by atoms with Crippen LogP contribution in [-0.4, -0.2) is 44.5 Å². The molecule has 0 fully saturated rings. The number of fused-ring (bicyclic) bond motifs is 1. The van der Waals surface area contributed by atoms with Crippen molar-refractivity contribution in [2.75, 3.05) is 17.2 Å². The molecule has 0 spiro atoms. The number of aryl methyl sites for hydroxylation is 1. The van der Waals surface area contributed by atoms with E-state index < -0.39 is 17.7 Å². The SMILES string of the molecule is Cc1nsc2c1NC(=O)C(N(C(=O)O)C(C)(C)C)CN2. The van der Waals surface area contributed by atoms with Gasteiger partial charge in [-0.05, 0) is 39.2 Å². The molecule has 1 atom stereocenters. The number of hydrogen-bond donors (Lipinski definition) is 3. The Morgan fingerprint density at radius 3 is 2.70 bits per heavy atom. The molecule has 110 valence electrons. The third kappa shape index (κ3) is 2.55. The molecule has 2 heterocycles. The Morgan fingerprint density at radius 2 is 2.15 bits per heavy atom. The number of carbonyl (C=O) groups is 2. The van der Waals surface area contributed by atoms with Crippen molar-refractivity contribution in [1.29, 1.82) is 0 Å². The van der Waals surface area contributed by atoms with Gasteiger partial charge in [0.2, 0.25) is 5.91 Å². The smallest absolute Gasteiger partial charge is 0.408 e. The fourth-order valence-corrected chi connectivity index (χ4v) is 2.98. The molecule has 1 aliphatic heterocycles. The third-order valence-electron chi connectivity index (χ3n) is 3.11. The van der Waals surface area contributed by atoms with Gasteiger partial charge in [0.25, 0.3) is 0 Å². The summed E-state index contributed by atoms with van der Waals surface area (Å²) in [6.07, 6.45) is -1.11. The Bertz CT molecular complexity index is 549. The van der Waals surface area contributed by atoms with Crippen LogP contribution in [0.4, 0.5) is 15.5 Å². The topological polar surface area (TPSA) is 94.6 Å². The largest absolute Gasteiger partial charge is 0.465 e. The quantitative estimate of drug-likeness (QED) is 0.737. The lowest BCUT2D eigenvalue weighted by Crippen LogP contribution is -2.57. The van der Waals surface area contributed by atoms with Crippen LogP contribution in [-0.2, 0) is 4.79 Å². The molecule has 1 unspecified atom stereocenters. The van der Waals surface area contributed by atoms with Gasteiger partial charge in [0.1, 0.15) is 11.0 Å². The van der Waals surface area contributed by atoms with Gasteiger partial charge in [-0.15, -0.1) is 0 Å². The maximum Gasteiger partial charge on any atom is 0.408 e. The van der Waals surface area contributed by atoms with Crippen LogP contribution in [0.3, 0.4) is 0 Å². The average Bonchev–Trinajstić information content (AvgIpc) is 2.54. The van der Waals surface area contributed by atoms with E-state index in [4.69, 9.17) is 0 Å². The first-order chi connectivity index (χ1) is 9.21. The van der Waals surface area contributed by atoms with Crippen molar-refractivity contribution in [3.63, 3.8) is 0 Å². The molecule has 0 radical (unpaired) electrons. The molecule has 0 bridgehead atoms. The fraction of sp³-hybridized carbons (Fsp3) is 0.583. The van der Waals surface area contributed by atoms with Crippen molar-refractivity contribution in [1.82, 2.24) is 9.27 Å². The standard InChI is InChI=1S/C12H18N4O3S/c1-6-8-10(20-15-6)13-5-7(9(17)14-8)16(11(18)19)12(2,3)4/h7,13H,5H2,1-4H3,(H,14,17)(H,18,19). The fourth-order valence-electron chi connectivity index (χ4n) is 2.22. The van der Waals surface area contributed by atoms with E-state index in [1.54, 1.807) is 27.7 Å². The van der Waals surface area contributed by atoms with Crippen LogP contribution in [0.25, 0.3) is 0 Å². The Morgan fingerprint density at radius 1 is 1.50 bits per heavy atom. The van der Waals surface area contributed by atoms with Crippen molar-refractivity contribution in [3.8, 4) is 0 Å². The predicted molar refractivity (Wildman–Crippen MR) is 77.4 cm³/mol. The number of anilines is 2. The first kappa shape index (κ1) is 14.6. The third-order valence-corrected chi connectivity index (χ3v) is 4.01. The van der Waals surface area contributed by atoms with Gasteiger partial charge >= 0.3 is 6.09 Å². The Kier molecular flexibility index (Phi) is 3.59. The summed E-state index contributed by atoms with van der Waals surface area (Å²) in [6, 6.07) is -0.786. The van der Waals surface area contributed by atoms with Crippen LogP contribution in [0.15, 0.2) is 0 Å². The number of carbonyl (C=O) groups excluding carboxylic acids is 1. The Hall–Kier alpha value is -1.83. The molecule has 7 nitrogen and oxygen atoms in total. The highest BCUT2D eigenvalue weighted by atomic mass is 32.1. The van der Waals surface area contributed by atoms with E-state index in [1.165, 1.54) is 16.4 Å². The van der Waals surface area contributed by atoms with Crippen LogP contribution < -0.4 is 10.6 Å². The highest BCUT2D eigenvalue weighted by Gasteiger charge is 2.39.